The second kappa shape index (κ2) is 5.47. The van der Waals surface area contributed by atoms with Gasteiger partial charge < -0.3 is 4.74 Å². The van der Waals surface area contributed by atoms with Crippen LogP contribution in [0.1, 0.15) is 0 Å². The Morgan fingerprint density at radius 2 is 2.21 bits per heavy atom. The maximum Gasteiger partial charge on any atom is 0.271 e. The van der Waals surface area contributed by atoms with Crippen molar-refractivity contribution in [1.82, 2.24) is 10.9 Å². The summed E-state index contributed by atoms with van der Waals surface area (Å²) in [6, 6.07) is 6.99. The molecule has 0 aliphatic rings. The van der Waals surface area contributed by atoms with E-state index in [4.69, 9.17) is 16.3 Å². The average Bonchev–Trinajstić information content (AvgIpc) is 2.17. The molecule has 0 bridgehead atoms. The van der Waals surface area contributed by atoms with Gasteiger partial charge in [0.15, 0.2) is 6.61 Å². The summed E-state index contributed by atoms with van der Waals surface area (Å²) >= 11 is 5.81. The summed E-state index contributed by atoms with van der Waals surface area (Å²) in [5, 5.41) is 0.491. The summed E-state index contributed by atoms with van der Waals surface area (Å²) in [5.74, 6) is 0.243. The Labute approximate surface area is 87.2 Å². The van der Waals surface area contributed by atoms with Gasteiger partial charge in [-0.2, -0.15) is 0 Å². The Balaban J connectivity index is 2.46. The highest BCUT2D eigenvalue weighted by Gasteiger charge is 2.03. The van der Waals surface area contributed by atoms with Gasteiger partial charge >= 0.3 is 0 Å². The smallest absolute Gasteiger partial charge is 0.271 e. The van der Waals surface area contributed by atoms with Crippen LogP contribution in [0.25, 0.3) is 0 Å². The molecule has 0 heterocycles. The molecule has 0 aliphatic heterocycles. The Morgan fingerprint density at radius 3 is 2.86 bits per heavy atom. The first-order valence-electron chi connectivity index (χ1n) is 4.07. The lowest BCUT2D eigenvalue weighted by molar-refractivity contribution is -0.123. The van der Waals surface area contributed by atoms with Crippen LogP contribution in [0.2, 0.25) is 5.02 Å². The standard InChI is InChI=1S/C9H11ClN2O2/c1-11-12-9(13)6-14-8-5-3-2-4-7(8)10/h2-5,11H,6H2,1H3,(H,12,13). The lowest BCUT2D eigenvalue weighted by Gasteiger charge is -2.07. The molecule has 0 saturated carbocycles. The molecule has 2 N–H and O–H groups in total. The highest BCUT2D eigenvalue weighted by atomic mass is 35.5. The van der Waals surface area contributed by atoms with Crippen LogP contribution in [-0.4, -0.2) is 19.6 Å². The molecule has 4 nitrogen and oxygen atoms in total. The third-order valence-corrected chi connectivity index (χ3v) is 1.77. The van der Waals surface area contributed by atoms with Crippen LogP contribution in [0.4, 0.5) is 0 Å². The summed E-state index contributed by atoms with van der Waals surface area (Å²) in [4.78, 5) is 11.0. The van der Waals surface area contributed by atoms with Crippen molar-refractivity contribution in [1.29, 1.82) is 0 Å². The number of benzene rings is 1. The van der Waals surface area contributed by atoms with Crippen molar-refractivity contribution in [3.05, 3.63) is 29.3 Å². The lowest BCUT2D eigenvalue weighted by Crippen LogP contribution is -2.37. The minimum absolute atomic E-state index is 0.0649. The fourth-order valence-corrected chi connectivity index (χ4v) is 1.07. The summed E-state index contributed by atoms with van der Waals surface area (Å²) in [7, 11) is 1.60. The van der Waals surface area contributed by atoms with Crippen molar-refractivity contribution in [2.24, 2.45) is 0 Å². The number of carbonyl (C=O) groups excluding carboxylic acids is 1. The van der Waals surface area contributed by atoms with E-state index in [-0.39, 0.29) is 12.5 Å². The van der Waals surface area contributed by atoms with E-state index in [0.29, 0.717) is 10.8 Å². The number of nitrogens with one attached hydrogen (secondary N) is 2. The maximum atomic E-state index is 11.0. The predicted octanol–water partition coefficient (Wildman–Crippen LogP) is 0.969. The average molecular weight is 215 g/mol. The van der Waals surface area contributed by atoms with E-state index >= 15 is 0 Å². The van der Waals surface area contributed by atoms with Crippen LogP contribution in [0.15, 0.2) is 24.3 Å². The highest BCUT2D eigenvalue weighted by molar-refractivity contribution is 6.32. The Hall–Kier alpha value is -1.26. The molecule has 1 rings (SSSR count). The van der Waals surface area contributed by atoms with Crippen molar-refractivity contribution >= 4 is 17.5 Å². The molecule has 0 aromatic heterocycles. The minimum Gasteiger partial charge on any atom is -0.482 e. The molecule has 0 spiro atoms. The van der Waals surface area contributed by atoms with Crippen molar-refractivity contribution in [3.8, 4) is 5.75 Å². The Bertz CT molecular complexity index is 317. The highest BCUT2D eigenvalue weighted by Crippen LogP contribution is 2.22. The number of rotatable bonds is 4. The summed E-state index contributed by atoms with van der Waals surface area (Å²) in [5.41, 5.74) is 4.88. The zero-order valence-corrected chi connectivity index (χ0v) is 8.47. The van der Waals surface area contributed by atoms with Gasteiger partial charge in [-0.25, -0.2) is 5.43 Å². The van der Waals surface area contributed by atoms with E-state index in [0.717, 1.165) is 0 Å². The van der Waals surface area contributed by atoms with E-state index in [2.05, 4.69) is 10.9 Å². The van der Waals surface area contributed by atoms with Gasteiger partial charge in [0, 0.05) is 7.05 Å². The first-order valence-corrected chi connectivity index (χ1v) is 4.44. The molecule has 0 unspecified atom stereocenters. The van der Waals surface area contributed by atoms with Gasteiger partial charge in [-0.05, 0) is 12.1 Å². The molecule has 1 aromatic rings. The number of amides is 1. The zero-order chi connectivity index (χ0) is 10.4. The second-order valence-corrected chi connectivity index (χ2v) is 2.92. The van der Waals surface area contributed by atoms with E-state index in [1.165, 1.54) is 0 Å². The number of hydrazine groups is 1. The van der Waals surface area contributed by atoms with Crippen LogP contribution in [0.3, 0.4) is 0 Å². The van der Waals surface area contributed by atoms with Gasteiger partial charge in [0.05, 0.1) is 5.02 Å². The number of para-hydroxylation sites is 1. The van der Waals surface area contributed by atoms with E-state index in [9.17, 15) is 4.79 Å². The molecule has 1 amide bonds. The van der Waals surface area contributed by atoms with Crippen molar-refractivity contribution < 1.29 is 9.53 Å². The van der Waals surface area contributed by atoms with Gasteiger partial charge in [-0.15, -0.1) is 0 Å². The molecule has 0 atom stereocenters. The molecule has 0 fully saturated rings. The molecule has 5 heteroatoms. The van der Waals surface area contributed by atoms with E-state index < -0.39 is 0 Å². The minimum atomic E-state index is -0.257. The summed E-state index contributed by atoms with van der Waals surface area (Å²) in [6.45, 7) is -0.0649. The first kappa shape index (κ1) is 10.8. The fourth-order valence-electron chi connectivity index (χ4n) is 0.881. The fraction of sp³-hybridized carbons (Fsp3) is 0.222. The monoisotopic (exact) mass is 214 g/mol. The van der Waals surface area contributed by atoms with Crippen LogP contribution in [0, 0.1) is 0 Å². The molecule has 0 radical (unpaired) electrons. The Morgan fingerprint density at radius 1 is 1.50 bits per heavy atom. The molecular weight excluding hydrogens is 204 g/mol. The van der Waals surface area contributed by atoms with Gasteiger partial charge in [0.2, 0.25) is 0 Å². The third kappa shape index (κ3) is 3.24. The maximum absolute atomic E-state index is 11.0. The molecule has 1 aromatic carbocycles. The third-order valence-electron chi connectivity index (χ3n) is 1.46. The number of ether oxygens (including phenoxy) is 1. The van der Waals surface area contributed by atoms with Crippen LogP contribution < -0.4 is 15.6 Å². The number of halogens is 1. The van der Waals surface area contributed by atoms with Gasteiger partial charge in [0.1, 0.15) is 5.75 Å². The van der Waals surface area contributed by atoms with Gasteiger partial charge in [-0.3, -0.25) is 10.2 Å². The van der Waals surface area contributed by atoms with Crippen molar-refractivity contribution in [3.63, 3.8) is 0 Å². The molecule has 0 aliphatic carbocycles. The zero-order valence-electron chi connectivity index (χ0n) is 7.71. The Kier molecular flexibility index (Phi) is 4.22. The summed E-state index contributed by atoms with van der Waals surface area (Å²) < 4.78 is 5.17. The molecule has 76 valence electrons. The van der Waals surface area contributed by atoms with Crippen LogP contribution >= 0.6 is 11.6 Å². The van der Waals surface area contributed by atoms with Crippen LogP contribution in [-0.2, 0) is 4.79 Å². The quantitative estimate of drug-likeness (QED) is 0.735. The lowest BCUT2D eigenvalue weighted by atomic mass is 10.3. The molecular formula is C9H11ClN2O2. The van der Waals surface area contributed by atoms with Gasteiger partial charge in [-0.1, -0.05) is 23.7 Å². The second-order valence-electron chi connectivity index (χ2n) is 2.52. The van der Waals surface area contributed by atoms with Crippen molar-refractivity contribution in [2.75, 3.05) is 13.7 Å². The number of hydrogen-bond donors (Lipinski definition) is 2. The number of hydrogen-bond acceptors (Lipinski definition) is 3. The largest absolute Gasteiger partial charge is 0.482 e. The first-order chi connectivity index (χ1) is 6.74. The SMILES string of the molecule is CNNC(=O)COc1ccccc1Cl. The van der Waals surface area contributed by atoms with Crippen LogP contribution in [0.5, 0.6) is 5.75 Å². The predicted molar refractivity (Wildman–Crippen MR) is 54.1 cm³/mol. The van der Waals surface area contributed by atoms with E-state index in [1.807, 2.05) is 0 Å². The summed E-state index contributed by atoms with van der Waals surface area (Å²) in [6.07, 6.45) is 0. The topological polar surface area (TPSA) is 50.4 Å². The normalized spacial score (nSPS) is 9.57. The van der Waals surface area contributed by atoms with E-state index in [1.54, 1.807) is 31.3 Å². The van der Waals surface area contributed by atoms with Crippen molar-refractivity contribution in [2.45, 2.75) is 0 Å². The molecule has 14 heavy (non-hydrogen) atoms. The molecule has 0 saturated heterocycles. The number of carbonyl (C=O) groups is 1. The van der Waals surface area contributed by atoms with Gasteiger partial charge in [0.25, 0.3) is 5.91 Å².